The topological polar surface area (TPSA) is 12.4 Å². The van der Waals surface area contributed by atoms with Crippen LogP contribution in [-0.2, 0) is 0 Å². The predicted octanol–water partition coefficient (Wildman–Crippen LogP) is 5.07. The van der Waals surface area contributed by atoms with Crippen LogP contribution in [0.1, 0.15) is 36.3 Å². The smallest absolute Gasteiger partial charge is 0.0351 e. The van der Waals surface area contributed by atoms with Crippen molar-refractivity contribution >= 4 is 17.7 Å². The largest absolute Gasteiger partial charge is 0.225 e. The Morgan fingerprint density at radius 3 is 2.05 bits per heavy atom. The van der Waals surface area contributed by atoms with Gasteiger partial charge in [0.25, 0.3) is 0 Å². The molecule has 2 aromatic rings. The zero-order chi connectivity index (χ0) is 13.8. The molecule has 1 nitrogen and oxygen atoms in total. The summed E-state index contributed by atoms with van der Waals surface area (Å²) in [6, 6.07) is 21.6. The van der Waals surface area contributed by atoms with Crippen LogP contribution in [0.3, 0.4) is 0 Å². The van der Waals surface area contributed by atoms with Gasteiger partial charge in [-0.05, 0) is 35.4 Å². The first-order chi connectivity index (χ1) is 9.86. The zero-order valence-corrected chi connectivity index (χ0v) is 12.5. The van der Waals surface area contributed by atoms with Crippen LogP contribution in [0, 0.1) is 0 Å². The molecule has 0 radical (unpaired) electrons. The van der Waals surface area contributed by atoms with E-state index in [0.29, 0.717) is 11.8 Å². The van der Waals surface area contributed by atoms with E-state index >= 15 is 0 Å². The molecule has 1 aliphatic heterocycles. The van der Waals surface area contributed by atoms with Gasteiger partial charge in [0, 0.05) is 17.4 Å². The maximum atomic E-state index is 4.69. The molecule has 0 aliphatic carbocycles. The van der Waals surface area contributed by atoms with Gasteiger partial charge in [0.2, 0.25) is 0 Å². The molecular weight excluding hydrogens is 262 g/mol. The summed E-state index contributed by atoms with van der Waals surface area (Å²) in [5, 5.41) is 0. The quantitative estimate of drug-likeness (QED) is 0.713. The third-order valence-electron chi connectivity index (χ3n) is 3.97. The van der Waals surface area contributed by atoms with Gasteiger partial charge in [-0.1, -0.05) is 67.6 Å². The lowest BCUT2D eigenvalue weighted by Crippen LogP contribution is -2.17. The summed E-state index contributed by atoms with van der Waals surface area (Å²) in [5.41, 5.74) is 4.11. The van der Waals surface area contributed by atoms with Crippen LogP contribution in [0.25, 0.3) is 0 Å². The highest BCUT2D eigenvalue weighted by Gasteiger charge is 2.27. The van der Waals surface area contributed by atoms with Gasteiger partial charge in [0.15, 0.2) is 0 Å². The lowest BCUT2D eigenvalue weighted by Gasteiger charge is -2.25. The second kappa shape index (κ2) is 6.27. The summed E-state index contributed by atoms with van der Waals surface area (Å²) in [4.78, 5) is 0. The zero-order valence-electron chi connectivity index (χ0n) is 11.7. The Bertz CT molecular complexity index is 577. The Kier molecular flexibility index (Phi) is 4.22. The molecule has 1 aliphatic rings. The number of benzene rings is 2. The standard InChI is InChI=1S/C18H19NS/c1-14(15-8-4-2-5-9-15)18(17-12-13-20-19-17)16-10-6-3-7-11-16/h2-11,14,18H,12-13H2,1H3. The van der Waals surface area contributed by atoms with Crippen LogP contribution in [-0.4, -0.2) is 11.5 Å². The van der Waals surface area contributed by atoms with Crippen molar-refractivity contribution in [2.75, 3.05) is 5.75 Å². The number of rotatable bonds is 4. The van der Waals surface area contributed by atoms with Crippen molar-refractivity contribution in [3.63, 3.8) is 0 Å². The van der Waals surface area contributed by atoms with Gasteiger partial charge < -0.3 is 0 Å². The molecule has 20 heavy (non-hydrogen) atoms. The molecule has 1 heterocycles. The normalized spacial score (nSPS) is 17.6. The van der Waals surface area contributed by atoms with Crippen LogP contribution >= 0.6 is 11.9 Å². The average Bonchev–Trinajstić information content (AvgIpc) is 3.03. The molecule has 2 atom stereocenters. The van der Waals surface area contributed by atoms with Crippen molar-refractivity contribution in [3.05, 3.63) is 71.8 Å². The van der Waals surface area contributed by atoms with Crippen molar-refractivity contribution in [2.45, 2.75) is 25.2 Å². The summed E-state index contributed by atoms with van der Waals surface area (Å²) >= 11 is 1.71. The first-order valence-corrected chi connectivity index (χ1v) is 8.09. The van der Waals surface area contributed by atoms with Crippen molar-refractivity contribution in [2.24, 2.45) is 4.40 Å². The molecule has 0 amide bonds. The molecule has 0 aromatic heterocycles. The first-order valence-electron chi connectivity index (χ1n) is 7.15. The van der Waals surface area contributed by atoms with Gasteiger partial charge >= 0.3 is 0 Å². The van der Waals surface area contributed by atoms with E-state index in [2.05, 4.69) is 67.6 Å². The van der Waals surface area contributed by atoms with E-state index in [-0.39, 0.29) is 0 Å². The minimum absolute atomic E-state index is 0.397. The Morgan fingerprint density at radius 2 is 1.50 bits per heavy atom. The molecule has 0 saturated heterocycles. The summed E-state index contributed by atoms with van der Waals surface area (Å²) in [6.07, 6.45) is 1.11. The molecule has 2 unspecified atom stereocenters. The second-order valence-corrected chi connectivity index (χ2v) is 6.10. The highest BCUT2D eigenvalue weighted by atomic mass is 32.2. The Balaban J connectivity index is 1.98. The molecule has 2 heteroatoms. The molecule has 0 bridgehead atoms. The van der Waals surface area contributed by atoms with Gasteiger partial charge in [0.1, 0.15) is 0 Å². The summed E-state index contributed by atoms with van der Waals surface area (Å²) in [6.45, 7) is 2.32. The van der Waals surface area contributed by atoms with E-state index < -0.39 is 0 Å². The molecule has 0 N–H and O–H groups in total. The number of nitrogens with zero attached hydrogens (tertiary/aromatic N) is 1. The van der Waals surface area contributed by atoms with Crippen LogP contribution in [0.2, 0.25) is 0 Å². The fourth-order valence-electron chi connectivity index (χ4n) is 2.92. The fourth-order valence-corrected chi connectivity index (χ4v) is 3.68. The highest BCUT2D eigenvalue weighted by Crippen LogP contribution is 2.37. The molecule has 0 saturated carbocycles. The van der Waals surface area contributed by atoms with E-state index in [0.717, 1.165) is 12.2 Å². The van der Waals surface area contributed by atoms with Gasteiger partial charge in [-0.2, -0.15) is 0 Å². The van der Waals surface area contributed by atoms with Crippen LogP contribution in [0.4, 0.5) is 0 Å². The molecule has 2 aromatic carbocycles. The third-order valence-corrected chi connectivity index (χ3v) is 4.72. The van der Waals surface area contributed by atoms with E-state index in [1.165, 1.54) is 16.8 Å². The van der Waals surface area contributed by atoms with Crippen molar-refractivity contribution < 1.29 is 0 Å². The predicted molar refractivity (Wildman–Crippen MR) is 88.6 cm³/mol. The van der Waals surface area contributed by atoms with Gasteiger partial charge in [-0.15, -0.1) is 0 Å². The maximum Gasteiger partial charge on any atom is 0.0351 e. The summed E-state index contributed by atoms with van der Waals surface area (Å²) in [5.74, 6) is 1.98. The lowest BCUT2D eigenvalue weighted by molar-refractivity contribution is 0.699. The molecule has 3 rings (SSSR count). The minimum Gasteiger partial charge on any atom is -0.225 e. The van der Waals surface area contributed by atoms with E-state index in [1.807, 2.05) is 0 Å². The second-order valence-electron chi connectivity index (χ2n) is 5.25. The third kappa shape index (κ3) is 2.80. The van der Waals surface area contributed by atoms with Crippen LogP contribution in [0.15, 0.2) is 65.1 Å². The van der Waals surface area contributed by atoms with Crippen LogP contribution < -0.4 is 0 Å². The van der Waals surface area contributed by atoms with E-state index in [9.17, 15) is 0 Å². The number of hydrogen-bond acceptors (Lipinski definition) is 2. The maximum absolute atomic E-state index is 4.69. The monoisotopic (exact) mass is 281 g/mol. The first kappa shape index (κ1) is 13.4. The fraction of sp³-hybridized carbons (Fsp3) is 0.278. The minimum atomic E-state index is 0.397. The molecule has 0 fully saturated rings. The Hall–Kier alpha value is -1.54. The molecule has 102 valence electrons. The van der Waals surface area contributed by atoms with E-state index in [1.54, 1.807) is 11.9 Å². The van der Waals surface area contributed by atoms with Crippen molar-refractivity contribution in [3.8, 4) is 0 Å². The van der Waals surface area contributed by atoms with Crippen LogP contribution in [0.5, 0.6) is 0 Å². The van der Waals surface area contributed by atoms with Crippen molar-refractivity contribution in [1.29, 1.82) is 0 Å². The lowest BCUT2D eigenvalue weighted by atomic mass is 9.79. The molecule has 0 spiro atoms. The summed E-state index contributed by atoms with van der Waals surface area (Å²) in [7, 11) is 0. The Morgan fingerprint density at radius 1 is 0.900 bits per heavy atom. The average molecular weight is 281 g/mol. The van der Waals surface area contributed by atoms with Gasteiger partial charge in [0.05, 0.1) is 0 Å². The number of hydrogen-bond donors (Lipinski definition) is 0. The SMILES string of the molecule is CC(c1ccccc1)C(C1=NSCC1)c1ccccc1. The van der Waals surface area contributed by atoms with Crippen molar-refractivity contribution in [1.82, 2.24) is 0 Å². The Labute approximate surface area is 125 Å². The summed E-state index contributed by atoms with van der Waals surface area (Å²) < 4.78 is 4.69. The highest BCUT2D eigenvalue weighted by molar-refractivity contribution is 7.98. The molecular formula is C18H19NS. The van der Waals surface area contributed by atoms with Gasteiger partial charge in [-0.25, -0.2) is 4.40 Å². The van der Waals surface area contributed by atoms with Gasteiger partial charge in [-0.3, -0.25) is 0 Å². The van der Waals surface area contributed by atoms with E-state index in [4.69, 9.17) is 4.40 Å².